The van der Waals surface area contributed by atoms with Gasteiger partial charge in [-0.2, -0.15) is 0 Å². The molecule has 1 spiro atoms. The van der Waals surface area contributed by atoms with E-state index in [1.165, 1.54) is 5.56 Å². The van der Waals surface area contributed by atoms with E-state index in [0.29, 0.717) is 18.8 Å². The van der Waals surface area contributed by atoms with Gasteiger partial charge >= 0.3 is 6.03 Å². The molecule has 1 atom stereocenters. The molecule has 226 valence electrons. The number of β-amino-alcohol motifs (C(OH)–C–C–N with tert-alkyl or cyclic N) is 1. The third-order valence-electron chi connectivity index (χ3n) is 9.55. The molecule has 2 aliphatic heterocycles. The van der Waals surface area contributed by atoms with Crippen LogP contribution in [0.4, 0.5) is 10.6 Å². The van der Waals surface area contributed by atoms with Gasteiger partial charge in [0.2, 0.25) is 0 Å². The summed E-state index contributed by atoms with van der Waals surface area (Å²) in [6.45, 7) is 4.73. The molecule has 5 aromatic rings. The zero-order chi connectivity index (χ0) is 29.9. The van der Waals surface area contributed by atoms with Crippen LogP contribution in [0.25, 0.3) is 11.2 Å². The number of rotatable bonds is 8. The molecule has 2 amide bonds. The molecule has 12 nitrogen and oxygen atoms in total. The third kappa shape index (κ3) is 4.69. The van der Waals surface area contributed by atoms with Crippen molar-refractivity contribution < 1.29 is 14.6 Å². The number of piperidine rings is 1. The summed E-state index contributed by atoms with van der Waals surface area (Å²) in [5, 5.41) is 18.9. The second kappa shape index (κ2) is 10.2. The van der Waals surface area contributed by atoms with Crippen LogP contribution in [0, 0.1) is 6.92 Å². The SMILES string of the molecule is Cc1cc(OCC2(c3ccccc3)CC2)cn2nc(C(O)CN3CC4(CCN(c5nccn6cncc56)CC4)NC3=O)nc12. The highest BCUT2D eigenvalue weighted by atomic mass is 16.5. The van der Waals surface area contributed by atoms with Crippen molar-refractivity contribution in [2.24, 2.45) is 0 Å². The Morgan fingerprint density at radius 2 is 1.95 bits per heavy atom. The van der Waals surface area contributed by atoms with Crippen LogP contribution in [0.2, 0.25) is 0 Å². The van der Waals surface area contributed by atoms with Crippen LogP contribution < -0.4 is 15.0 Å². The van der Waals surface area contributed by atoms with Gasteiger partial charge < -0.3 is 29.4 Å². The lowest BCUT2D eigenvalue weighted by molar-refractivity contribution is 0.121. The summed E-state index contributed by atoms with van der Waals surface area (Å²) in [7, 11) is 0. The summed E-state index contributed by atoms with van der Waals surface area (Å²) in [4.78, 5) is 30.4. The zero-order valence-electron chi connectivity index (χ0n) is 24.6. The van der Waals surface area contributed by atoms with Gasteiger partial charge in [0.1, 0.15) is 17.4 Å². The molecule has 44 heavy (non-hydrogen) atoms. The monoisotopic (exact) mass is 593 g/mol. The Morgan fingerprint density at radius 3 is 2.75 bits per heavy atom. The van der Waals surface area contributed by atoms with E-state index in [2.05, 4.69) is 54.5 Å². The first-order valence-corrected chi connectivity index (χ1v) is 15.2. The summed E-state index contributed by atoms with van der Waals surface area (Å²) < 4.78 is 9.89. The molecule has 3 fully saturated rings. The largest absolute Gasteiger partial charge is 0.491 e. The summed E-state index contributed by atoms with van der Waals surface area (Å²) in [6.07, 6.45) is 11.9. The van der Waals surface area contributed by atoms with Crippen molar-refractivity contribution >= 4 is 23.0 Å². The number of urea groups is 1. The van der Waals surface area contributed by atoms with E-state index in [1.54, 1.807) is 21.9 Å². The number of aryl methyl sites for hydroxylation is 1. The number of ether oxygens (including phenoxy) is 1. The number of carbonyl (C=O) groups excluding carboxylic acids is 1. The minimum absolute atomic E-state index is 0.0726. The number of imidazole rings is 1. The van der Waals surface area contributed by atoms with Crippen molar-refractivity contribution in [1.29, 1.82) is 0 Å². The molecule has 8 rings (SSSR count). The van der Waals surface area contributed by atoms with Gasteiger partial charge in [-0.3, -0.25) is 0 Å². The Balaban J connectivity index is 0.918. The lowest BCUT2D eigenvalue weighted by Gasteiger charge is -2.39. The molecular weight excluding hydrogens is 558 g/mol. The topological polar surface area (TPSA) is 125 Å². The Kier molecular flexibility index (Phi) is 6.23. The Labute approximate surface area is 254 Å². The van der Waals surface area contributed by atoms with E-state index < -0.39 is 6.10 Å². The fraction of sp³-hybridized carbons (Fsp3) is 0.406. The lowest BCUT2D eigenvalue weighted by Crippen LogP contribution is -2.52. The van der Waals surface area contributed by atoms with E-state index in [-0.39, 0.29) is 29.4 Å². The van der Waals surface area contributed by atoms with E-state index in [0.717, 1.165) is 61.4 Å². The molecular formula is C32H35N9O3. The highest BCUT2D eigenvalue weighted by molar-refractivity contribution is 5.78. The number of nitrogens with one attached hydrogen (secondary N) is 1. The van der Waals surface area contributed by atoms with Crippen molar-refractivity contribution in [1.82, 2.24) is 39.2 Å². The smallest absolute Gasteiger partial charge is 0.318 e. The Bertz CT molecular complexity index is 1840. The van der Waals surface area contributed by atoms with Gasteiger partial charge in [0.25, 0.3) is 0 Å². The molecule has 2 saturated heterocycles. The Hall–Kier alpha value is -4.71. The summed E-state index contributed by atoms with van der Waals surface area (Å²) in [5.41, 5.74) is 3.58. The van der Waals surface area contributed by atoms with E-state index >= 15 is 0 Å². The fourth-order valence-electron chi connectivity index (χ4n) is 6.77. The number of benzene rings is 1. The lowest BCUT2D eigenvalue weighted by atomic mass is 9.88. The van der Waals surface area contributed by atoms with Gasteiger partial charge in [-0.05, 0) is 49.8 Å². The summed E-state index contributed by atoms with van der Waals surface area (Å²) in [6, 6.07) is 12.3. The number of hydrogen-bond donors (Lipinski definition) is 2. The molecule has 4 aromatic heterocycles. The van der Waals surface area contributed by atoms with Gasteiger partial charge in [0.15, 0.2) is 17.3 Å². The first-order chi connectivity index (χ1) is 21.4. The number of pyridine rings is 1. The van der Waals surface area contributed by atoms with Gasteiger partial charge in [0.05, 0.1) is 37.4 Å². The number of carbonyl (C=O) groups is 1. The van der Waals surface area contributed by atoms with Crippen LogP contribution in [0.15, 0.2) is 67.5 Å². The first-order valence-electron chi connectivity index (χ1n) is 15.2. The van der Waals surface area contributed by atoms with Crippen molar-refractivity contribution in [3.05, 3.63) is 84.5 Å². The molecule has 0 radical (unpaired) electrons. The predicted molar refractivity (Wildman–Crippen MR) is 163 cm³/mol. The van der Waals surface area contributed by atoms with E-state index in [4.69, 9.17) is 4.74 Å². The zero-order valence-corrected chi connectivity index (χ0v) is 24.6. The second-order valence-electron chi connectivity index (χ2n) is 12.6. The normalized spacial score (nSPS) is 19.5. The predicted octanol–water partition coefficient (Wildman–Crippen LogP) is 3.29. The molecule has 12 heteroatoms. The highest BCUT2D eigenvalue weighted by Crippen LogP contribution is 2.48. The average molecular weight is 594 g/mol. The second-order valence-corrected chi connectivity index (χ2v) is 12.6. The minimum atomic E-state index is -1.02. The van der Waals surface area contributed by atoms with Crippen LogP contribution in [-0.4, -0.2) is 83.3 Å². The molecule has 1 aliphatic carbocycles. The Morgan fingerprint density at radius 1 is 1.14 bits per heavy atom. The maximum absolute atomic E-state index is 13.0. The number of hydrogen-bond acceptors (Lipinski definition) is 8. The van der Waals surface area contributed by atoms with Gasteiger partial charge in [-0.1, -0.05) is 30.3 Å². The van der Waals surface area contributed by atoms with Gasteiger partial charge in [-0.15, -0.1) is 5.10 Å². The molecule has 1 unspecified atom stereocenters. The van der Waals surface area contributed by atoms with Crippen molar-refractivity contribution in [3.8, 4) is 5.75 Å². The van der Waals surface area contributed by atoms with Crippen LogP contribution in [0.5, 0.6) is 5.75 Å². The molecule has 1 saturated carbocycles. The number of amides is 2. The van der Waals surface area contributed by atoms with Gasteiger partial charge in [0, 0.05) is 37.4 Å². The number of aliphatic hydroxyl groups excluding tert-OH is 1. The number of aliphatic hydroxyl groups is 1. The summed E-state index contributed by atoms with van der Waals surface area (Å²) >= 11 is 0. The molecule has 2 N–H and O–H groups in total. The van der Waals surface area contributed by atoms with Crippen molar-refractivity contribution in [3.63, 3.8) is 0 Å². The highest BCUT2D eigenvalue weighted by Gasteiger charge is 2.46. The maximum atomic E-state index is 13.0. The van der Waals surface area contributed by atoms with Crippen molar-refractivity contribution in [2.75, 3.05) is 37.7 Å². The molecule has 3 aliphatic rings. The quantitative estimate of drug-likeness (QED) is 0.281. The average Bonchev–Trinajstić information content (AvgIpc) is 3.32. The van der Waals surface area contributed by atoms with E-state index in [9.17, 15) is 9.90 Å². The molecule has 1 aromatic carbocycles. The third-order valence-corrected chi connectivity index (χ3v) is 9.55. The van der Waals surface area contributed by atoms with E-state index in [1.807, 2.05) is 42.0 Å². The maximum Gasteiger partial charge on any atom is 0.318 e. The number of aromatic nitrogens is 6. The molecule has 6 heterocycles. The molecule has 0 bridgehead atoms. The fourth-order valence-corrected chi connectivity index (χ4v) is 6.77. The van der Waals surface area contributed by atoms with Gasteiger partial charge in [-0.25, -0.2) is 24.3 Å². The van der Waals surface area contributed by atoms with Crippen LogP contribution in [0.1, 0.15) is 48.7 Å². The van der Waals surface area contributed by atoms with Crippen LogP contribution in [-0.2, 0) is 5.41 Å². The van der Waals surface area contributed by atoms with Crippen molar-refractivity contribution in [2.45, 2.75) is 49.7 Å². The minimum Gasteiger partial charge on any atom is -0.491 e. The number of anilines is 1. The summed E-state index contributed by atoms with van der Waals surface area (Å²) in [5.74, 6) is 1.91. The first kappa shape index (κ1) is 26.9. The van der Waals surface area contributed by atoms with Crippen LogP contribution >= 0.6 is 0 Å². The number of nitrogens with zero attached hydrogens (tertiary/aromatic N) is 8. The standard InChI is InChI=1S/C32H35N9O3/c1-22-15-24(44-20-31(7-8-31)23-5-3-2-4-6-23)17-41-28(22)35-27(37-41)26(42)18-40-19-32(36-30(40)43)9-12-38(13-10-32)29-25-16-33-21-39(25)14-11-34-29/h2-6,11,14-17,21,26,42H,7-10,12-13,18-20H2,1H3,(H,36,43). The van der Waals surface area contributed by atoms with Crippen LogP contribution in [0.3, 0.4) is 0 Å². The number of fused-ring (bicyclic) bond motifs is 2.